The molecule has 2 heterocycles. The normalized spacial score (nSPS) is 16.2. The maximum Gasteiger partial charge on any atom is 0.273 e. The second-order valence-corrected chi connectivity index (χ2v) is 3.24. The quantitative estimate of drug-likeness (QED) is 0.626. The van der Waals surface area contributed by atoms with Crippen molar-refractivity contribution in [1.82, 2.24) is 9.88 Å². The molecule has 0 saturated carbocycles. The molecule has 1 aromatic rings. The number of rotatable bonds is 1. The largest absolute Gasteiger partial charge is 0.337 e. The van der Waals surface area contributed by atoms with Gasteiger partial charge < -0.3 is 4.90 Å². The highest BCUT2D eigenvalue weighted by atomic mass is 32.1. The SMILES string of the molecule is O=C(c1cscn1)N1CCC1. The highest BCUT2D eigenvalue weighted by molar-refractivity contribution is 7.07. The van der Waals surface area contributed by atoms with Crippen LogP contribution in [0.3, 0.4) is 0 Å². The van der Waals surface area contributed by atoms with Crippen LogP contribution < -0.4 is 0 Å². The van der Waals surface area contributed by atoms with E-state index in [0.29, 0.717) is 5.69 Å². The molecular weight excluding hydrogens is 160 g/mol. The summed E-state index contributed by atoms with van der Waals surface area (Å²) in [5.74, 6) is 0.0810. The molecule has 0 radical (unpaired) electrons. The van der Waals surface area contributed by atoms with E-state index in [9.17, 15) is 4.79 Å². The van der Waals surface area contributed by atoms with Gasteiger partial charge in [0.2, 0.25) is 0 Å². The number of carbonyl (C=O) groups is 1. The van der Waals surface area contributed by atoms with Crippen molar-refractivity contribution in [3.63, 3.8) is 0 Å². The van der Waals surface area contributed by atoms with E-state index in [0.717, 1.165) is 19.5 Å². The standard InChI is InChI=1S/C7H8N2OS/c10-7(9-2-1-3-9)6-4-11-5-8-6/h4-5H,1-3H2. The number of hydrogen-bond donors (Lipinski definition) is 0. The Morgan fingerprint density at radius 2 is 2.45 bits per heavy atom. The van der Waals surface area contributed by atoms with Crippen molar-refractivity contribution < 1.29 is 4.79 Å². The van der Waals surface area contributed by atoms with Gasteiger partial charge in [0, 0.05) is 18.5 Å². The minimum Gasteiger partial charge on any atom is -0.337 e. The van der Waals surface area contributed by atoms with E-state index in [1.54, 1.807) is 10.9 Å². The van der Waals surface area contributed by atoms with Gasteiger partial charge in [0.1, 0.15) is 5.69 Å². The second-order valence-electron chi connectivity index (χ2n) is 2.52. The van der Waals surface area contributed by atoms with Crippen molar-refractivity contribution in [2.75, 3.05) is 13.1 Å². The average molecular weight is 168 g/mol. The minimum absolute atomic E-state index is 0.0810. The Labute approximate surface area is 68.7 Å². The van der Waals surface area contributed by atoms with Gasteiger partial charge in [-0.15, -0.1) is 11.3 Å². The van der Waals surface area contributed by atoms with Gasteiger partial charge in [-0.25, -0.2) is 4.98 Å². The first-order valence-corrected chi connectivity index (χ1v) is 4.49. The molecule has 0 atom stereocenters. The molecule has 0 N–H and O–H groups in total. The van der Waals surface area contributed by atoms with E-state index >= 15 is 0 Å². The lowest BCUT2D eigenvalue weighted by atomic mass is 10.2. The fraction of sp³-hybridized carbons (Fsp3) is 0.429. The highest BCUT2D eigenvalue weighted by Crippen LogP contribution is 2.11. The van der Waals surface area contributed by atoms with Gasteiger partial charge in [-0.3, -0.25) is 4.79 Å². The van der Waals surface area contributed by atoms with Crippen LogP contribution in [0.2, 0.25) is 0 Å². The molecule has 1 aliphatic rings. The molecule has 2 rings (SSSR count). The van der Waals surface area contributed by atoms with Crippen LogP contribution >= 0.6 is 11.3 Å². The topological polar surface area (TPSA) is 33.2 Å². The average Bonchev–Trinajstić information content (AvgIpc) is 2.32. The molecule has 1 saturated heterocycles. The molecule has 4 heteroatoms. The zero-order chi connectivity index (χ0) is 7.68. The molecule has 0 aliphatic carbocycles. The summed E-state index contributed by atoms with van der Waals surface area (Å²) < 4.78 is 0. The third kappa shape index (κ3) is 1.14. The maximum atomic E-state index is 11.4. The van der Waals surface area contributed by atoms with Gasteiger partial charge in [-0.2, -0.15) is 0 Å². The van der Waals surface area contributed by atoms with Crippen molar-refractivity contribution in [1.29, 1.82) is 0 Å². The molecule has 3 nitrogen and oxygen atoms in total. The summed E-state index contributed by atoms with van der Waals surface area (Å²) in [6.45, 7) is 1.80. The van der Waals surface area contributed by atoms with Crippen molar-refractivity contribution in [3.05, 3.63) is 16.6 Å². The van der Waals surface area contributed by atoms with E-state index in [1.165, 1.54) is 11.3 Å². The van der Waals surface area contributed by atoms with Crippen molar-refractivity contribution >= 4 is 17.2 Å². The number of hydrogen-bond acceptors (Lipinski definition) is 3. The third-order valence-electron chi connectivity index (χ3n) is 1.79. The Morgan fingerprint density at radius 1 is 1.64 bits per heavy atom. The summed E-state index contributed by atoms with van der Waals surface area (Å²) in [5.41, 5.74) is 2.28. The molecule has 1 fully saturated rings. The van der Waals surface area contributed by atoms with E-state index in [1.807, 2.05) is 4.90 Å². The summed E-state index contributed by atoms with van der Waals surface area (Å²) in [4.78, 5) is 17.1. The fourth-order valence-corrected chi connectivity index (χ4v) is 1.53. The first-order chi connectivity index (χ1) is 5.38. The number of amides is 1. The van der Waals surface area contributed by atoms with Crippen LogP contribution in [0.15, 0.2) is 10.9 Å². The number of carbonyl (C=O) groups excluding carboxylic acids is 1. The molecule has 1 aliphatic heterocycles. The number of likely N-dealkylation sites (tertiary alicyclic amines) is 1. The first-order valence-electron chi connectivity index (χ1n) is 3.55. The monoisotopic (exact) mass is 168 g/mol. The van der Waals surface area contributed by atoms with Gasteiger partial charge >= 0.3 is 0 Å². The van der Waals surface area contributed by atoms with E-state index in [-0.39, 0.29) is 5.91 Å². The van der Waals surface area contributed by atoms with Gasteiger partial charge in [0.25, 0.3) is 5.91 Å². The van der Waals surface area contributed by atoms with Gasteiger partial charge in [0.05, 0.1) is 5.51 Å². The Kier molecular flexibility index (Phi) is 1.62. The van der Waals surface area contributed by atoms with Crippen LogP contribution in [-0.2, 0) is 0 Å². The van der Waals surface area contributed by atoms with Crippen LogP contribution in [0.25, 0.3) is 0 Å². The summed E-state index contributed by atoms with van der Waals surface area (Å²) in [7, 11) is 0. The zero-order valence-corrected chi connectivity index (χ0v) is 6.80. The lowest BCUT2D eigenvalue weighted by molar-refractivity contribution is 0.0646. The van der Waals surface area contributed by atoms with Crippen molar-refractivity contribution in [2.45, 2.75) is 6.42 Å². The molecule has 11 heavy (non-hydrogen) atoms. The number of thiazole rings is 1. The smallest absolute Gasteiger partial charge is 0.273 e. The van der Waals surface area contributed by atoms with Crippen LogP contribution in [0.4, 0.5) is 0 Å². The Morgan fingerprint density at radius 3 is 2.91 bits per heavy atom. The predicted molar refractivity (Wildman–Crippen MR) is 42.6 cm³/mol. The zero-order valence-electron chi connectivity index (χ0n) is 5.99. The second kappa shape index (κ2) is 2.62. The molecule has 58 valence electrons. The van der Waals surface area contributed by atoms with Gasteiger partial charge in [-0.1, -0.05) is 0 Å². The van der Waals surface area contributed by atoms with Gasteiger partial charge in [-0.05, 0) is 6.42 Å². The molecule has 1 aromatic heterocycles. The van der Waals surface area contributed by atoms with Crippen LogP contribution in [0.1, 0.15) is 16.9 Å². The Balaban J connectivity index is 2.10. The van der Waals surface area contributed by atoms with Crippen LogP contribution in [-0.4, -0.2) is 28.9 Å². The molecule has 1 amide bonds. The number of aromatic nitrogens is 1. The highest BCUT2D eigenvalue weighted by Gasteiger charge is 2.22. The van der Waals surface area contributed by atoms with E-state index < -0.39 is 0 Å². The van der Waals surface area contributed by atoms with Crippen LogP contribution in [0, 0.1) is 0 Å². The third-order valence-corrected chi connectivity index (χ3v) is 2.38. The lowest BCUT2D eigenvalue weighted by Gasteiger charge is -2.29. The van der Waals surface area contributed by atoms with Crippen molar-refractivity contribution in [2.24, 2.45) is 0 Å². The number of nitrogens with zero attached hydrogens (tertiary/aromatic N) is 2. The molecular formula is C7H8N2OS. The van der Waals surface area contributed by atoms with E-state index in [4.69, 9.17) is 0 Å². The van der Waals surface area contributed by atoms with Crippen molar-refractivity contribution in [3.8, 4) is 0 Å². The molecule has 0 unspecified atom stereocenters. The van der Waals surface area contributed by atoms with E-state index in [2.05, 4.69) is 4.98 Å². The maximum absolute atomic E-state index is 11.4. The molecule has 0 spiro atoms. The fourth-order valence-electron chi connectivity index (χ4n) is 0.999. The lowest BCUT2D eigenvalue weighted by Crippen LogP contribution is -2.42. The van der Waals surface area contributed by atoms with Crippen LogP contribution in [0.5, 0.6) is 0 Å². The summed E-state index contributed by atoms with van der Waals surface area (Å²) >= 11 is 1.46. The Bertz CT molecular complexity index is 253. The summed E-state index contributed by atoms with van der Waals surface area (Å²) in [6.07, 6.45) is 1.13. The first kappa shape index (κ1) is 6.79. The summed E-state index contributed by atoms with van der Waals surface area (Å²) in [6, 6.07) is 0. The van der Waals surface area contributed by atoms with Gasteiger partial charge in [0.15, 0.2) is 0 Å². The predicted octanol–water partition coefficient (Wildman–Crippen LogP) is 0.989. The molecule has 0 aromatic carbocycles. The summed E-state index contributed by atoms with van der Waals surface area (Å²) in [5, 5.41) is 1.79. The molecule has 0 bridgehead atoms. The minimum atomic E-state index is 0.0810. The Hall–Kier alpha value is -0.900.